The number of carbonyl (C=O) groups is 1. The molecule has 21 heavy (non-hydrogen) atoms. The molecule has 1 amide bonds. The molecule has 2 fully saturated rings. The number of benzene rings is 1. The van der Waals surface area contributed by atoms with Gasteiger partial charge in [-0.15, -0.1) is 0 Å². The van der Waals surface area contributed by atoms with Crippen molar-refractivity contribution < 1.29 is 14.3 Å². The maximum Gasteiger partial charge on any atom is 0.253 e. The molecule has 2 aliphatic heterocycles. The summed E-state index contributed by atoms with van der Waals surface area (Å²) in [6.45, 7) is 7.10. The molecule has 0 atom stereocenters. The lowest BCUT2D eigenvalue weighted by molar-refractivity contribution is -0.0956. The molecule has 0 spiro atoms. The lowest BCUT2D eigenvalue weighted by Gasteiger charge is -2.34. The molecular weight excluding hydrogens is 266 g/mol. The minimum Gasteiger partial charge on any atom is -0.350 e. The molecule has 2 heterocycles. The standard InChI is InChI=1S/C17H23NO3/c1-12-3-4-15(11-13(12)2)16(19)18-7-5-14(6-8-18)17-20-9-10-21-17/h3-4,11,14,17H,5-10H2,1-2H3. The van der Waals surface area contributed by atoms with Gasteiger partial charge in [0.15, 0.2) is 6.29 Å². The summed E-state index contributed by atoms with van der Waals surface area (Å²) >= 11 is 0. The minimum absolute atomic E-state index is 0.0520. The van der Waals surface area contributed by atoms with Gasteiger partial charge in [-0.2, -0.15) is 0 Å². The Kier molecular flexibility index (Phi) is 4.27. The van der Waals surface area contributed by atoms with Crippen molar-refractivity contribution in [3.8, 4) is 0 Å². The van der Waals surface area contributed by atoms with Gasteiger partial charge in [-0.3, -0.25) is 4.79 Å². The second-order valence-electron chi connectivity index (χ2n) is 6.04. The van der Waals surface area contributed by atoms with E-state index in [2.05, 4.69) is 6.92 Å². The first-order chi connectivity index (χ1) is 10.1. The van der Waals surface area contributed by atoms with Gasteiger partial charge in [-0.25, -0.2) is 0 Å². The van der Waals surface area contributed by atoms with Crippen LogP contribution in [-0.4, -0.2) is 43.4 Å². The van der Waals surface area contributed by atoms with Crippen LogP contribution in [0, 0.1) is 19.8 Å². The van der Waals surface area contributed by atoms with E-state index in [1.54, 1.807) is 0 Å². The van der Waals surface area contributed by atoms with Crippen LogP contribution in [0.1, 0.15) is 34.3 Å². The fourth-order valence-corrected chi connectivity index (χ4v) is 3.08. The molecule has 0 bridgehead atoms. The van der Waals surface area contributed by atoms with Crippen molar-refractivity contribution in [1.29, 1.82) is 0 Å². The van der Waals surface area contributed by atoms with E-state index in [0.717, 1.165) is 31.5 Å². The lowest BCUT2D eigenvalue weighted by Crippen LogP contribution is -2.41. The van der Waals surface area contributed by atoms with Gasteiger partial charge in [-0.1, -0.05) is 6.07 Å². The van der Waals surface area contributed by atoms with Crippen LogP contribution in [0.2, 0.25) is 0 Å². The Morgan fingerprint density at radius 2 is 1.76 bits per heavy atom. The summed E-state index contributed by atoms with van der Waals surface area (Å²) in [7, 11) is 0. The number of likely N-dealkylation sites (tertiary alicyclic amines) is 1. The summed E-state index contributed by atoms with van der Waals surface area (Å²) in [6.07, 6.45) is 1.87. The average molecular weight is 289 g/mol. The Bertz CT molecular complexity index is 515. The molecule has 4 nitrogen and oxygen atoms in total. The van der Waals surface area contributed by atoms with Crippen LogP contribution in [0.15, 0.2) is 18.2 Å². The minimum atomic E-state index is -0.0520. The summed E-state index contributed by atoms with van der Waals surface area (Å²) in [5.74, 6) is 0.570. The number of aryl methyl sites for hydroxylation is 2. The van der Waals surface area contributed by atoms with Crippen molar-refractivity contribution >= 4 is 5.91 Å². The van der Waals surface area contributed by atoms with E-state index >= 15 is 0 Å². The first-order valence-corrected chi connectivity index (χ1v) is 7.75. The number of hydrogen-bond acceptors (Lipinski definition) is 3. The normalized spacial score (nSPS) is 21.0. The van der Waals surface area contributed by atoms with Crippen molar-refractivity contribution in [3.05, 3.63) is 34.9 Å². The molecular formula is C17H23NO3. The monoisotopic (exact) mass is 289 g/mol. The zero-order valence-electron chi connectivity index (χ0n) is 12.8. The van der Waals surface area contributed by atoms with Gasteiger partial charge in [0, 0.05) is 24.6 Å². The summed E-state index contributed by atoms with van der Waals surface area (Å²) in [6, 6.07) is 5.95. The fraction of sp³-hybridized carbons (Fsp3) is 0.588. The van der Waals surface area contributed by atoms with Gasteiger partial charge in [0.25, 0.3) is 5.91 Å². The van der Waals surface area contributed by atoms with Crippen molar-refractivity contribution in [2.75, 3.05) is 26.3 Å². The molecule has 0 aromatic heterocycles. The van der Waals surface area contributed by atoms with E-state index in [0.29, 0.717) is 19.1 Å². The Labute approximate surface area is 126 Å². The number of hydrogen-bond donors (Lipinski definition) is 0. The molecule has 0 unspecified atom stereocenters. The second-order valence-corrected chi connectivity index (χ2v) is 6.04. The average Bonchev–Trinajstić information content (AvgIpc) is 3.04. The van der Waals surface area contributed by atoms with E-state index < -0.39 is 0 Å². The highest BCUT2D eigenvalue weighted by atomic mass is 16.7. The quantitative estimate of drug-likeness (QED) is 0.840. The third-order valence-electron chi connectivity index (χ3n) is 4.61. The van der Waals surface area contributed by atoms with Crippen LogP contribution in [-0.2, 0) is 9.47 Å². The zero-order chi connectivity index (χ0) is 14.8. The van der Waals surface area contributed by atoms with Crippen LogP contribution < -0.4 is 0 Å². The van der Waals surface area contributed by atoms with Gasteiger partial charge in [0.1, 0.15) is 0 Å². The maximum absolute atomic E-state index is 12.6. The Morgan fingerprint density at radius 3 is 2.38 bits per heavy atom. The number of piperidine rings is 1. The molecule has 0 N–H and O–H groups in total. The Morgan fingerprint density at radius 1 is 1.10 bits per heavy atom. The van der Waals surface area contributed by atoms with Crippen LogP contribution >= 0.6 is 0 Å². The zero-order valence-corrected chi connectivity index (χ0v) is 12.8. The molecule has 1 aromatic rings. The van der Waals surface area contributed by atoms with Crippen LogP contribution in [0.5, 0.6) is 0 Å². The van der Waals surface area contributed by atoms with Crippen molar-refractivity contribution in [1.82, 2.24) is 4.90 Å². The van der Waals surface area contributed by atoms with E-state index in [1.165, 1.54) is 11.1 Å². The molecule has 114 valence electrons. The van der Waals surface area contributed by atoms with Crippen molar-refractivity contribution in [2.24, 2.45) is 5.92 Å². The Balaban J connectivity index is 1.60. The third-order valence-corrected chi connectivity index (χ3v) is 4.61. The van der Waals surface area contributed by atoms with E-state index in [9.17, 15) is 4.79 Å². The predicted molar refractivity (Wildman–Crippen MR) is 80.2 cm³/mol. The second kappa shape index (κ2) is 6.16. The van der Waals surface area contributed by atoms with Crippen LogP contribution in [0.25, 0.3) is 0 Å². The number of amides is 1. The number of rotatable bonds is 2. The van der Waals surface area contributed by atoms with Crippen molar-refractivity contribution in [3.63, 3.8) is 0 Å². The highest BCUT2D eigenvalue weighted by Gasteiger charge is 2.31. The van der Waals surface area contributed by atoms with Crippen LogP contribution in [0.4, 0.5) is 0 Å². The Hall–Kier alpha value is -1.39. The van der Waals surface area contributed by atoms with E-state index in [1.807, 2.05) is 30.0 Å². The molecule has 3 rings (SSSR count). The van der Waals surface area contributed by atoms with Crippen molar-refractivity contribution in [2.45, 2.75) is 33.0 Å². The molecule has 4 heteroatoms. The molecule has 2 aliphatic rings. The SMILES string of the molecule is Cc1ccc(C(=O)N2CCC(C3OCCO3)CC2)cc1C. The van der Waals surface area contributed by atoms with Gasteiger partial charge in [0.2, 0.25) is 0 Å². The van der Waals surface area contributed by atoms with Crippen LogP contribution in [0.3, 0.4) is 0 Å². The van der Waals surface area contributed by atoms with E-state index in [4.69, 9.17) is 9.47 Å². The smallest absolute Gasteiger partial charge is 0.253 e. The molecule has 0 aliphatic carbocycles. The lowest BCUT2D eigenvalue weighted by atomic mass is 9.95. The highest BCUT2D eigenvalue weighted by molar-refractivity contribution is 5.94. The van der Waals surface area contributed by atoms with Gasteiger partial charge in [0.05, 0.1) is 13.2 Å². The summed E-state index contributed by atoms with van der Waals surface area (Å²) in [4.78, 5) is 14.5. The first kappa shape index (κ1) is 14.5. The number of carbonyl (C=O) groups excluding carboxylic acids is 1. The third kappa shape index (κ3) is 3.11. The summed E-state index contributed by atoms with van der Waals surface area (Å²) in [5, 5.41) is 0. The van der Waals surface area contributed by atoms with Gasteiger partial charge >= 0.3 is 0 Å². The largest absolute Gasteiger partial charge is 0.350 e. The number of ether oxygens (including phenoxy) is 2. The molecule has 1 aromatic carbocycles. The topological polar surface area (TPSA) is 38.8 Å². The van der Waals surface area contributed by atoms with Gasteiger partial charge in [-0.05, 0) is 49.9 Å². The van der Waals surface area contributed by atoms with Gasteiger partial charge < -0.3 is 14.4 Å². The number of nitrogens with zero attached hydrogens (tertiary/aromatic N) is 1. The van der Waals surface area contributed by atoms with E-state index in [-0.39, 0.29) is 12.2 Å². The predicted octanol–water partition coefficient (Wildman–Crippen LogP) is 2.53. The summed E-state index contributed by atoms with van der Waals surface area (Å²) in [5.41, 5.74) is 3.19. The molecule has 0 radical (unpaired) electrons. The fourth-order valence-electron chi connectivity index (χ4n) is 3.08. The summed E-state index contributed by atoms with van der Waals surface area (Å²) < 4.78 is 11.2. The molecule has 0 saturated carbocycles. The highest BCUT2D eigenvalue weighted by Crippen LogP contribution is 2.26. The molecule has 2 saturated heterocycles. The maximum atomic E-state index is 12.6. The first-order valence-electron chi connectivity index (χ1n) is 7.75.